The molecular formula is C14H16F3NO2. The molecule has 1 aliphatic rings. The van der Waals surface area contributed by atoms with Crippen molar-refractivity contribution in [2.45, 2.75) is 31.0 Å². The number of rotatable bonds is 2. The van der Waals surface area contributed by atoms with Gasteiger partial charge in [-0.3, -0.25) is 4.79 Å². The smallest absolute Gasteiger partial charge is 0.416 e. The lowest BCUT2D eigenvalue weighted by atomic mass is 9.88. The first-order chi connectivity index (χ1) is 9.41. The average molecular weight is 287 g/mol. The summed E-state index contributed by atoms with van der Waals surface area (Å²) in [5.41, 5.74) is 0.0146. The maximum absolute atomic E-state index is 12.7. The Balaban J connectivity index is 2.06. The van der Waals surface area contributed by atoms with Crippen molar-refractivity contribution >= 4 is 5.97 Å². The fraction of sp³-hybridized carbons (Fsp3) is 0.500. The second kappa shape index (κ2) is 5.83. The highest BCUT2D eigenvalue weighted by molar-refractivity contribution is 5.75. The molecule has 2 atom stereocenters. The van der Waals surface area contributed by atoms with E-state index < -0.39 is 11.7 Å². The van der Waals surface area contributed by atoms with E-state index in [0.717, 1.165) is 6.07 Å². The van der Waals surface area contributed by atoms with Gasteiger partial charge < -0.3 is 10.1 Å². The fourth-order valence-electron chi connectivity index (χ4n) is 2.45. The lowest BCUT2D eigenvalue weighted by molar-refractivity contribution is -0.143. The molecule has 1 heterocycles. The Morgan fingerprint density at radius 2 is 2.10 bits per heavy atom. The molecule has 110 valence electrons. The number of benzene rings is 1. The van der Waals surface area contributed by atoms with E-state index in [2.05, 4.69) is 10.1 Å². The molecule has 20 heavy (non-hydrogen) atoms. The van der Waals surface area contributed by atoms with Gasteiger partial charge in [-0.15, -0.1) is 0 Å². The predicted octanol–water partition coefficient (Wildman–Crippen LogP) is 2.71. The van der Waals surface area contributed by atoms with Gasteiger partial charge in [0.2, 0.25) is 0 Å². The quantitative estimate of drug-likeness (QED) is 0.850. The zero-order valence-corrected chi connectivity index (χ0v) is 11.0. The van der Waals surface area contributed by atoms with Gasteiger partial charge in [-0.2, -0.15) is 13.2 Å². The van der Waals surface area contributed by atoms with Crippen LogP contribution in [0.15, 0.2) is 24.3 Å². The average Bonchev–Trinajstić information content (AvgIpc) is 2.46. The van der Waals surface area contributed by atoms with Crippen molar-refractivity contribution in [3.8, 4) is 0 Å². The van der Waals surface area contributed by atoms with Crippen LogP contribution in [-0.4, -0.2) is 25.7 Å². The van der Waals surface area contributed by atoms with Crippen LogP contribution in [0.5, 0.6) is 0 Å². The van der Waals surface area contributed by atoms with Gasteiger partial charge in [0.25, 0.3) is 0 Å². The topological polar surface area (TPSA) is 38.3 Å². The highest BCUT2D eigenvalue weighted by Crippen LogP contribution is 2.33. The fourth-order valence-corrected chi connectivity index (χ4v) is 2.45. The summed E-state index contributed by atoms with van der Waals surface area (Å²) >= 11 is 0. The maximum atomic E-state index is 12.7. The summed E-state index contributed by atoms with van der Waals surface area (Å²) in [6.45, 7) is 0.473. The zero-order chi connectivity index (χ0) is 14.8. The van der Waals surface area contributed by atoms with Crippen LogP contribution in [0.25, 0.3) is 0 Å². The Kier molecular flexibility index (Phi) is 4.32. The number of nitrogens with one attached hydrogen (secondary N) is 1. The number of hydrogen-bond acceptors (Lipinski definition) is 3. The molecular weight excluding hydrogens is 271 g/mol. The van der Waals surface area contributed by atoms with Gasteiger partial charge in [-0.05, 0) is 30.4 Å². The molecule has 0 aromatic heterocycles. The summed E-state index contributed by atoms with van der Waals surface area (Å²) in [6.07, 6.45) is -3.10. The first kappa shape index (κ1) is 14.8. The summed E-state index contributed by atoms with van der Waals surface area (Å²) in [5.74, 6) is -0.342. The van der Waals surface area contributed by atoms with E-state index in [1.807, 2.05) is 0 Å². The Hall–Kier alpha value is -1.56. The van der Waals surface area contributed by atoms with Crippen LogP contribution in [0, 0.1) is 0 Å². The van der Waals surface area contributed by atoms with Crippen LogP contribution in [0.4, 0.5) is 13.2 Å². The third-order valence-corrected chi connectivity index (χ3v) is 3.59. The van der Waals surface area contributed by atoms with Crippen molar-refractivity contribution in [3.05, 3.63) is 35.4 Å². The van der Waals surface area contributed by atoms with Crippen molar-refractivity contribution in [2.75, 3.05) is 13.7 Å². The maximum Gasteiger partial charge on any atom is 0.416 e. The first-order valence-corrected chi connectivity index (χ1v) is 6.40. The predicted molar refractivity (Wildman–Crippen MR) is 67.2 cm³/mol. The summed E-state index contributed by atoms with van der Waals surface area (Å²) in [7, 11) is 1.32. The molecule has 0 spiro atoms. The first-order valence-electron chi connectivity index (χ1n) is 6.40. The van der Waals surface area contributed by atoms with Gasteiger partial charge >= 0.3 is 12.1 Å². The number of piperidine rings is 1. The Morgan fingerprint density at radius 3 is 2.65 bits per heavy atom. The molecule has 6 heteroatoms. The summed E-state index contributed by atoms with van der Waals surface area (Å²) in [5, 5.41) is 3.02. The van der Waals surface area contributed by atoms with Crippen LogP contribution in [0.1, 0.15) is 29.9 Å². The van der Waals surface area contributed by atoms with Crippen molar-refractivity contribution in [2.24, 2.45) is 0 Å². The number of hydrogen-bond donors (Lipinski definition) is 1. The number of carbonyl (C=O) groups is 1. The molecule has 2 unspecified atom stereocenters. The van der Waals surface area contributed by atoms with Crippen molar-refractivity contribution < 1.29 is 22.7 Å². The van der Waals surface area contributed by atoms with Crippen molar-refractivity contribution in [1.82, 2.24) is 5.32 Å². The molecule has 0 bridgehead atoms. The number of halogens is 3. The van der Waals surface area contributed by atoms with Crippen molar-refractivity contribution in [3.63, 3.8) is 0 Å². The molecule has 1 N–H and O–H groups in total. The molecule has 0 saturated carbocycles. The van der Waals surface area contributed by atoms with E-state index in [0.29, 0.717) is 24.9 Å². The van der Waals surface area contributed by atoms with Gasteiger partial charge in [0.15, 0.2) is 0 Å². The monoisotopic (exact) mass is 287 g/mol. The molecule has 1 aromatic carbocycles. The third kappa shape index (κ3) is 3.30. The second-order valence-corrected chi connectivity index (χ2v) is 4.88. The Morgan fingerprint density at radius 1 is 1.35 bits per heavy atom. The van der Waals surface area contributed by atoms with E-state index in [1.165, 1.54) is 19.2 Å². The summed E-state index contributed by atoms with van der Waals surface area (Å²) < 4.78 is 42.7. The minimum absolute atomic E-state index is 0.0155. The number of carbonyl (C=O) groups excluding carboxylic acids is 1. The molecule has 0 aliphatic carbocycles. The molecule has 1 aliphatic heterocycles. The second-order valence-electron chi connectivity index (χ2n) is 4.88. The van der Waals surface area contributed by atoms with Gasteiger partial charge in [-0.25, -0.2) is 0 Å². The molecule has 3 nitrogen and oxygen atoms in total. The highest BCUT2D eigenvalue weighted by atomic mass is 19.4. The van der Waals surface area contributed by atoms with Gasteiger partial charge in [0.1, 0.15) is 6.04 Å². The molecule has 1 saturated heterocycles. The molecule has 2 rings (SSSR count). The van der Waals surface area contributed by atoms with Gasteiger partial charge in [0.05, 0.1) is 12.7 Å². The lowest BCUT2D eigenvalue weighted by Crippen LogP contribution is -2.43. The largest absolute Gasteiger partial charge is 0.468 e. The minimum atomic E-state index is -4.33. The molecule has 1 aromatic rings. The van der Waals surface area contributed by atoms with Crippen LogP contribution in [0.3, 0.4) is 0 Å². The standard InChI is InChI=1S/C14H16F3NO2/c1-20-13(19)12-6-5-10(8-18-12)9-3-2-4-11(7-9)14(15,16)17/h2-4,7,10,12,18H,5-6,8H2,1H3. The van der Waals surface area contributed by atoms with E-state index in [-0.39, 0.29) is 17.9 Å². The van der Waals surface area contributed by atoms with Crippen LogP contribution in [0.2, 0.25) is 0 Å². The van der Waals surface area contributed by atoms with Crippen molar-refractivity contribution in [1.29, 1.82) is 0 Å². The van der Waals surface area contributed by atoms with Gasteiger partial charge in [-0.1, -0.05) is 18.2 Å². The lowest BCUT2D eigenvalue weighted by Gasteiger charge is -2.28. The Bertz CT molecular complexity index is 480. The van der Waals surface area contributed by atoms with E-state index in [1.54, 1.807) is 6.07 Å². The summed E-state index contributed by atoms with van der Waals surface area (Å²) in [4.78, 5) is 11.4. The normalized spacial score (nSPS) is 23.4. The molecule has 1 fully saturated rings. The SMILES string of the molecule is COC(=O)C1CCC(c2cccc(C(F)(F)F)c2)CN1. The van der Waals surface area contributed by atoms with E-state index in [9.17, 15) is 18.0 Å². The number of esters is 1. The zero-order valence-electron chi connectivity index (χ0n) is 11.0. The van der Waals surface area contributed by atoms with Crippen LogP contribution in [-0.2, 0) is 15.7 Å². The minimum Gasteiger partial charge on any atom is -0.468 e. The third-order valence-electron chi connectivity index (χ3n) is 3.59. The van der Waals surface area contributed by atoms with Gasteiger partial charge in [0, 0.05) is 6.54 Å². The highest BCUT2D eigenvalue weighted by Gasteiger charge is 2.32. The summed E-state index contributed by atoms with van der Waals surface area (Å²) in [6, 6.07) is 5.01. The van der Waals surface area contributed by atoms with E-state index >= 15 is 0 Å². The number of ether oxygens (including phenoxy) is 1. The molecule has 0 radical (unpaired) electrons. The Labute approximate surface area is 115 Å². The number of alkyl halides is 3. The van der Waals surface area contributed by atoms with E-state index in [4.69, 9.17) is 0 Å². The van der Waals surface area contributed by atoms with Crippen LogP contribution < -0.4 is 5.32 Å². The van der Waals surface area contributed by atoms with Crippen LogP contribution >= 0.6 is 0 Å². The molecule has 0 amide bonds. The number of methoxy groups -OCH3 is 1.